The summed E-state index contributed by atoms with van der Waals surface area (Å²) in [5.74, 6) is -0.443. The van der Waals surface area contributed by atoms with Crippen molar-refractivity contribution < 1.29 is 18.0 Å². The summed E-state index contributed by atoms with van der Waals surface area (Å²) in [6.45, 7) is 0.790. The fourth-order valence-corrected chi connectivity index (χ4v) is 1.99. The van der Waals surface area contributed by atoms with Crippen molar-refractivity contribution in [3.8, 4) is 0 Å². The highest BCUT2D eigenvalue weighted by molar-refractivity contribution is 7.10. The third-order valence-corrected chi connectivity index (χ3v) is 3.05. The second-order valence-corrected chi connectivity index (χ2v) is 4.52. The van der Waals surface area contributed by atoms with Crippen molar-refractivity contribution >= 4 is 17.2 Å². The lowest BCUT2D eigenvalue weighted by molar-refractivity contribution is -0.128. The number of rotatable bonds is 5. The van der Waals surface area contributed by atoms with Crippen LogP contribution in [-0.4, -0.2) is 25.2 Å². The molecule has 1 amide bonds. The molecule has 1 heterocycles. The van der Waals surface area contributed by atoms with Gasteiger partial charge in [0.05, 0.1) is 19.6 Å². The maximum absolute atomic E-state index is 11.8. The van der Waals surface area contributed by atoms with Crippen molar-refractivity contribution in [2.24, 2.45) is 0 Å². The number of hydrogen-bond donors (Lipinski definition) is 2. The molecule has 1 rings (SSSR count). The van der Waals surface area contributed by atoms with E-state index in [1.54, 1.807) is 0 Å². The molecule has 1 aromatic heterocycles. The molecule has 7 heteroatoms. The molecule has 0 fully saturated rings. The van der Waals surface area contributed by atoms with E-state index >= 15 is 0 Å². The first-order valence-electron chi connectivity index (χ1n) is 4.95. The molecule has 0 unspecified atom stereocenters. The molecule has 0 aliphatic heterocycles. The third kappa shape index (κ3) is 5.69. The lowest BCUT2D eigenvalue weighted by atomic mass is 10.3. The molecular weight excluding hydrogens is 253 g/mol. The third-order valence-electron chi connectivity index (χ3n) is 2.03. The molecule has 3 nitrogen and oxygen atoms in total. The topological polar surface area (TPSA) is 41.1 Å². The van der Waals surface area contributed by atoms with Crippen LogP contribution >= 0.6 is 11.3 Å². The SMILES string of the molecule is Cc1ccsc1CNC(=O)CNCC(F)(F)F. The van der Waals surface area contributed by atoms with Crippen LogP contribution in [0.25, 0.3) is 0 Å². The summed E-state index contributed by atoms with van der Waals surface area (Å²) >= 11 is 1.50. The van der Waals surface area contributed by atoms with E-state index in [1.165, 1.54) is 11.3 Å². The van der Waals surface area contributed by atoms with Gasteiger partial charge in [0.1, 0.15) is 0 Å². The highest BCUT2D eigenvalue weighted by Crippen LogP contribution is 2.14. The molecule has 96 valence electrons. The van der Waals surface area contributed by atoms with Crippen molar-refractivity contribution in [1.29, 1.82) is 0 Å². The average Bonchev–Trinajstić information content (AvgIpc) is 2.59. The molecule has 0 radical (unpaired) electrons. The fourth-order valence-electron chi connectivity index (χ4n) is 1.14. The Hall–Kier alpha value is -1.08. The number of thiophene rings is 1. The molecular formula is C10H13F3N2OS. The maximum Gasteiger partial charge on any atom is 0.401 e. The summed E-state index contributed by atoms with van der Waals surface area (Å²) in [5, 5.41) is 6.49. The second-order valence-electron chi connectivity index (χ2n) is 3.52. The van der Waals surface area contributed by atoms with Crippen LogP contribution < -0.4 is 10.6 Å². The van der Waals surface area contributed by atoms with Gasteiger partial charge in [-0.1, -0.05) is 0 Å². The lowest BCUT2D eigenvalue weighted by Crippen LogP contribution is -2.37. The van der Waals surface area contributed by atoms with E-state index in [1.807, 2.05) is 23.7 Å². The van der Waals surface area contributed by atoms with Gasteiger partial charge >= 0.3 is 6.18 Å². The van der Waals surface area contributed by atoms with Gasteiger partial charge in [0.25, 0.3) is 0 Å². The normalized spacial score (nSPS) is 11.5. The molecule has 2 N–H and O–H groups in total. The molecule has 0 saturated heterocycles. The predicted octanol–water partition coefficient (Wildman–Crippen LogP) is 1.82. The van der Waals surface area contributed by atoms with E-state index in [9.17, 15) is 18.0 Å². The standard InChI is InChI=1S/C10H13F3N2OS/c1-7-2-3-17-8(7)4-15-9(16)5-14-6-10(11,12)13/h2-3,14H,4-6H2,1H3,(H,15,16). The Morgan fingerprint density at radius 3 is 2.71 bits per heavy atom. The van der Waals surface area contributed by atoms with Crippen molar-refractivity contribution in [3.63, 3.8) is 0 Å². The smallest absolute Gasteiger partial charge is 0.350 e. The molecule has 0 aromatic carbocycles. The van der Waals surface area contributed by atoms with Gasteiger partial charge in [0, 0.05) is 4.88 Å². The van der Waals surface area contributed by atoms with Crippen LogP contribution in [0.4, 0.5) is 13.2 Å². The number of alkyl halides is 3. The van der Waals surface area contributed by atoms with Crippen LogP contribution in [0, 0.1) is 6.92 Å². The molecule has 0 aliphatic rings. The minimum atomic E-state index is -4.29. The monoisotopic (exact) mass is 266 g/mol. The highest BCUT2D eigenvalue weighted by Gasteiger charge is 2.26. The largest absolute Gasteiger partial charge is 0.401 e. The Bertz CT molecular complexity index is 376. The summed E-state index contributed by atoms with van der Waals surface area (Å²) in [4.78, 5) is 12.2. The van der Waals surface area contributed by atoms with Crippen molar-refractivity contribution in [2.45, 2.75) is 19.6 Å². The molecule has 0 spiro atoms. The number of nitrogens with one attached hydrogen (secondary N) is 2. The molecule has 0 saturated carbocycles. The molecule has 0 aliphatic carbocycles. The fraction of sp³-hybridized carbons (Fsp3) is 0.500. The van der Waals surface area contributed by atoms with Gasteiger partial charge in [-0.15, -0.1) is 11.3 Å². The minimum Gasteiger partial charge on any atom is -0.350 e. The highest BCUT2D eigenvalue weighted by atomic mass is 32.1. The number of aryl methyl sites for hydroxylation is 1. The van der Waals surface area contributed by atoms with E-state index in [0.29, 0.717) is 6.54 Å². The number of hydrogen-bond acceptors (Lipinski definition) is 3. The van der Waals surface area contributed by atoms with E-state index in [4.69, 9.17) is 0 Å². The summed E-state index contributed by atoms with van der Waals surface area (Å²) in [5.41, 5.74) is 1.07. The zero-order chi connectivity index (χ0) is 12.9. The van der Waals surface area contributed by atoms with E-state index < -0.39 is 18.6 Å². The van der Waals surface area contributed by atoms with E-state index in [2.05, 4.69) is 5.32 Å². The van der Waals surface area contributed by atoms with Crippen LogP contribution in [-0.2, 0) is 11.3 Å². The first kappa shape index (κ1) is 14.0. The zero-order valence-corrected chi connectivity index (χ0v) is 10.0. The first-order valence-corrected chi connectivity index (χ1v) is 5.83. The number of amides is 1. The summed E-state index contributed by atoms with van der Waals surface area (Å²) < 4.78 is 35.3. The van der Waals surface area contributed by atoms with Crippen LogP contribution in [0.2, 0.25) is 0 Å². The van der Waals surface area contributed by atoms with Crippen LogP contribution in [0.3, 0.4) is 0 Å². The predicted molar refractivity (Wildman–Crippen MR) is 59.8 cm³/mol. The maximum atomic E-state index is 11.8. The van der Waals surface area contributed by atoms with Crippen LogP contribution in [0.1, 0.15) is 10.4 Å². The summed E-state index contributed by atoms with van der Waals surface area (Å²) in [6.07, 6.45) is -4.29. The number of carbonyl (C=O) groups is 1. The van der Waals surface area contributed by atoms with Crippen LogP contribution in [0.5, 0.6) is 0 Å². The summed E-state index contributed by atoms with van der Waals surface area (Å²) in [6, 6.07) is 1.92. The van der Waals surface area contributed by atoms with Crippen LogP contribution in [0.15, 0.2) is 11.4 Å². The van der Waals surface area contributed by atoms with E-state index in [-0.39, 0.29) is 6.54 Å². The second kappa shape index (κ2) is 6.02. The quantitative estimate of drug-likeness (QED) is 0.853. The summed E-state index contributed by atoms with van der Waals surface area (Å²) in [7, 11) is 0. The Kier molecular flexibility index (Phi) is 4.95. The molecule has 0 bridgehead atoms. The van der Waals surface area contributed by atoms with Gasteiger partial charge in [0.15, 0.2) is 0 Å². The Morgan fingerprint density at radius 1 is 1.47 bits per heavy atom. The van der Waals surface area contributed by atoms with Crippen molar-refractivity contribution in [3.05, 3.63) is 21.9 Å². The minimum absolute atomic E-state index is 0.329. The number of carbonyl (C=O) groups excluding carboxylic acids is 1. The molecule has 0 atom stereocenters. The van der Waals surface area contributed by atoms with Gasteiger partial charge in [-0.2, -0.15) is 13.2 Å². The Balaban J connectivity index is 2.20. The van der Waals surface area contributed by atoms with Gasteiger partial charge < -0.3 is 10.6 Å². The first-order chi connectivity index (χ1) is 7.88. The zero-order valence-electron chi connectivity index (χ0n) is 9.23. The van der Waals surface area contributed by atoms with Gasteiger partial charge in [-0.3, -0.25) is 4.79 Å². The Labute approximate surface area is 101 Å². The van der Waals surface area contributed by atoms with Gasteiger partial charge in [-0.05, 0) is 23.9 Å². The van der Waals surface area contributed by atoms with E-state index in [0.717, 1.165) is 10.4 Å². The average molecular weight is 266 g/mol. The van der Waals surface area contributed by atoms with Crippen molar-refractivity contribution in [1.82, 2.24) is 10.6 Å². The molecule has 1 aromatic rings. The van der Waals surface area contributed by atoms with Gasteiger partial charge in [-0.25, -0.2) is 0 Å². The Morgan fingerprint density at radius 2 is 2.18 bits per heavy atom. The molecule has 17 heavy (non-hydrogen) atoms. The lowest BCUT2D eigenvalue weighted by Gasteiger charge is -2.08. The number of halogens is 3. The van der Waals surface area contributed by atoms with Crippen molar-refractivity contribution in [2.75, 3.05) is 13.1 Å². The van der Waals surface area contributed by atoms with Gasteiger partial charge in [0.2, 0.25) is 5.91 Å².